The minimum atomic E-state index is -0.860. The number of hydrogen-bond acceptors (Lipinski definition) is 4. The van der Waals surface area contributed by atoms with E-state index in [1.807, 2.05) is 13.8 Å². The molecule has 1 N–H and O–H groups in total. The van der Waals surface area contributed by atoms with Gasteiger partial charge in [0.15, 0.2) is 0 Å². The molecule has 1 unspecified atom stereocenters. The molecule has 1 heterocycles. The third kappa shape index (κ3) is 3.03. The summed E-state index contributed by atoms with van der Waals surface area (Å²) in [6, 6.07) is -0.628. The summed E-state index contributed by atoms with van der Waals surface area (Å²) in [6.07, 6.45) is 0.563. The van der Waals surface area contributed by atoms with Crippen LogP contribution in [0.2, 0.25) is 0 Å². The van der Waals surface area contributed by atoms with Crippen molar-refractivity contribution in [3.63, 3.8) is 0 Å². The van der Waals surface area contributed by atoms with Crippen LogP contribution in [0, 0.1) is 12.8 Å². The Morgan fingerprint density at radius 2 is 2.12 bits per heavy atom. The third-order valence-electron chi connectivity index (χ3n) is 2.63. The van der Waals surface area contributed by atoms with Gasteiger partial charge in [-0.2, -0.15) is 0 Å². The lowest BCUT2D eigenvalue weighted by atomic mass is 10.0. The molecule has 0 amide bonds. The lowest BCUT2D eigenvalue weighted by Crippen LogP contribution is -2.27. The molecular formula is C11H19N3O3. The number of aromatic nitrogens is 3. The molecule has 0 radical (unpaired) electrons. The summed E-state index contributed by atoms with van der Waals surface area (Å²) in [6.45, 7) is 6.01. The molecule has 6 nitrogen and oxygen atoms in total. The van der Waals surface area contributed by atoms with Gasteiger partial charge < -0.3 is 14.4 Å². The highest BCUT2D eigenvalue weighted by Gasteiger charge is 2.27. The Bertz CT molecular complexity index is 387. The molecule has 0 aliphatic heterocycles. The first kappa shape index (κ1) is 13.6. The van der Waals surface area contributed by atoms with Crippen molar-refractivity contribution in [2.24, 2.45) is 5.92 Å². The van der Waals surface area contributed by atoms with Crippen molar-refractivity contribution >= 4 is 5.97 Å². The number of carbonyl (C=O) groups is 1. The van der Waals surface area contributed by atoms with E-state index in [2.05, 4.69) is 10.2 Å². The zero-order valence-corrected chi connectivity index (χ0v) is 10.7. The largest absolute Gasteiger partial charge is 0.480 e. The Hall–Kier alpha value is -1.43. The predicted octanol–water partition coefficient (Wildman–Crippen LogP) is 1.06. The zero-order valence-electron chi connectivity index (χ0n) is 10.7. The molecule has 0 aliphatic rings. The van der Waals surface area contributed by atoms with Crippen LogP contribution in [0.5, 0.6) is 0 Å². The molecule has 0 saturated carbocycles. The summed E-state index contributed by atoms with van der Waals surface area (Å²) >= 11 is 0. The predicted molar refractivity (Wildman–Crippen MR) is 61.8 cm³/mol. The summed E-state index contributed by atoms with van der Waals surface area (Å²) in [5.74, 6) is 0.396. The van der Waals surface area contributed by atoms with Crippen molar-refractivity contribution in [2.75, 3.05) is 13.7 Å². The molecule has 1 aromatic rings. The Kier molecular flexibility index (Phi) is 4.62. The van der Waals surface area contributed by atoms with Gasteiger partial charge in [-0.15, -0.1) is 10.2 Å². The number of carboxylic acids is 1. The van der Waals surface area contributed by atoms with Crippen molar-refractivity contribution < 1.29 is 14.6 Å². The van der Waals surface area contributed by atoms with Crippen molar-refractivity contribution in [1.82, 2.24) is 14.8 Å². The number of aryl methyl sites for hydroxylation is 1. The standard InChI is InChI=1S/C11H19N3O3/c1-7(2)10(11(15)16)14-8(3)12-13-9(14)5-6-17-4/h7,10H,5-6H2,1-4H3,(H,15,16). The smallest absolute Gasteiger partial charge is 0.327 e. The second-order valence-corrected chi connectivity index (χ2v) is 4.30. The van der Waals surface area contributed by atoms with Crippen molar-refractivity contribution in [3.8, 4) is 0 Å². The van der Waals surface area contributed by atoms with E-state index in [4.69, 9.17) is 4.74 Å². The van der Waals surface area contributed by atoms with Crippen LogP contribution >= 0.6 is 0 Å². The Labute approximate surface area is 101 Å². The lowest BCUT2D eigenvalue weighted by molar-refractivity contribution is -0.142. The first-order valence-electron chi connectivity index (χ1n) is 5.61. The van der Waals surface area contributed by atoms with Gasteiger partial charge in [-0.05, 0) is 12.8 Å². The molecule has 1 rings (SSSR count). The Balaban J connectivity index is 3.08. The quantitative estimate of drug-likeness (QED) is 0.805. The van der Waals surface area contributed by atoms with E-state index in [0.717, 1.165) is 0 Å². The number of hydrogen-bond donors (Lipinski definition) is 1. The van der Waals surface area contributed by atoms with Gasteiger partial charge in [0.2, 0.25) is 0 Å². The third-order valence-corrected chi connectivity index (χ3v) is 2.63. The average molecular weight is 241 g/mol. The minimum Gasteiger partial charge on any atom is -0.480 e. The molecule has 0 aromatic carbocycles. The van der Waals surface area contributed by atoms with Crippen LogP contribution in [0.3, 0.4) is 0 Å². The molecule has 0 bridgehead atoms. The Morgan fingerprint density at radius 3 is 2.59 bits per heavy atom. The molecule has 6 heteroatoms. The summed E-state index contributed by atoms with van der Waals surface area (Å²) < 4.78 is 6.67. The van der Waals surface area contributed by atoms with Crippen LogP contribution in [0.15, 0.2) is 0 Å². The molecule has 0 spiro atoms. The Morgan fingerprint density at radius 1 is 1.47 bits per heavy atom. The monoisotopic (exact) mass is 241 g/mol. The van der Waals surface area contributed by atoms with Gasteiger partial charge in [-0.3, -0.25) is 0 Å². The molecule has 17 heavy (non-hydrogen) atoms. The molecule has 0 saturated heterocycles. The molecule has 0 fully saturated rings. The van der Waals surface area contributed by atoms with E-state index < -0.39 is 12.0 Å². The fourth-order valence-electron chi connectivity index (χ4n) is 1.83. The SMILES string of the molecule is COCCc1nnc(C)n1C(C(=O)O)C(C)C. The number of aliphatic carboxylic acids is 1. The number of methoxy groups -OCH3 is 1. The highest BCUT2D eigenvalue weighted by atomic mass is 16.5. The van der Waals surface area contributed by atoms with E-state index in [1.165, 1.54) is 0 Å². The maximum absolute atomic E-state index is 11.3. The van der Waals surface area contributed by atoms with Crippen molar-refractivity contribution in [1.29, 1.82) is 0 Å². The van der Waals surface area contributed by atoms with E-state index in [1.54, 1.807) is 18.6 Å². The highest BCUT2D eigenvalue weighted by Crippen LogP contribution is 2.21. The second kappa shape index (κ2) is 5.77. The summed E-state index contributed by atoms with van der Waals surface area (Å²) in [4.78, 5) is 11.3. The lowest BCUT2D eigenvalue weighted by Gasteiger charge is -2.20. The van der Waals surface area contributed by atoms with E-state index in [9.17, 15) is 9.90 Å². The molecular weight excluding hydrogens is 222 g/mol. The van der Waals surface area contributed by atoms with Gasteiger partial charge in [0.1, 0.15) is 17.7 Å². The minimum absolute atomic E-state index is 0.0245. The zero-order chi connectivity index (χ0) is 13.0. The molecule has 0 aliphatic carbocycles. The molecule has 96 valence electrons. The van der Waals surface area contributed by atoms with Crippen LogP contribution in [-0.2, 0) is 16.0 Å². The summed E-state index contributed by atoms with van der Waals surface area (Å²) in [5.41, 5.74) is 0. The summed E-state index contributed by atoms with van der Waals surface area (Å²) in [7, 11) is 1.60. The van der Waals surface area contributed by atoms with Crippen molar-refractivity contribution in [3.05, 3.63) is 11.6 Å². The number of nitrogens with zero attached hydrogens (tertiary/aromatic N) is 3. The van der Waals surface area contributed by atoms with Gasteiger partial charge in [0.25, 0.3) is 0 Å². The normalized spacial score (nSPS) is 13.0. The van der Waals surface area contributed by atoms with Crippen LogP contribution in [0.4, 0.5) is 0 Å². The van der Waals surface area contributed by atoms with E-state index in [0.29, 0.717) is 24.7 Å². The summed E-state index contributed by atoms with van der Waals surface area (Å²) in [5, 5.41) is 17.2. The van der Waals surface area contributed by atoms with Gasteiger partial charge in [0, 0.05) is 13.5 Å². The second-order valence-electron chi connectivity index (χ2n) is 4.30. The fourth-order valence-corrected chi connectivity index (χ4v) is 1.83. The van der Waals surface area contributed by atoms with Crippen LogP contribution in [0.1, 0.15) is 31.5 Å². The van der Waals surface area contributed by atoms with E-state index >= 15 is 0 Å². The first-order valence-corrected chi connectivity index (χ1v) is 5.61. The van der Waals surface area contributed by atoms with Crippen LogP contribution in [0.25, 0.3) is 0 Å². The van der Waals surface area contributed by atoms with Gasteiger partial charge in [-0.25, -0.2) is 4.79 Å². The topological polar surface area (TPSA) is 77.2 Å². The van der Waals surface area contributed by atoms with Crippen LogP contribution < -0.4 is 0 Å². The van der Waals surface area contributed by atoms with Crippen molar-refractivity contribution in [2.45, 2.75) is 33.2 Å². The fraction of sp³-hybridized carbons (Fsp3) is 0.727. The van der Waals surface area contributed by atoms with Gasteiger partial charge in [0.05, 0.1) is 6.61 Å². The van der Waals surface area contributed by atoms with Gasteiger partial charge in [-0.1, -0.05) is 13.8 Å². The van der Waals surface area contributed by atoms with E-state index in [-0.39, 0.29) is 5.92 Å². The first-order chi connectivity index (χ1) is 7.99. The van der Waals surface area contributed by atoms with Gasteiger partial charge >= 0.3 is 5.97 Å². The number of rotatable bonds is 6. The maximum atomic E-state index is 11.3. The average Bonchev–Trinajstić information content (AvgIpc) is 2.57. The molecule has 1 atom stereocenters. The number of ether oxygens (including phenoxy) is 1. The maximum Gasteiger partial charge on any atom is 0.327 e. The van der Waals surface area contributed by atoms with Crippen LogP contribution in [-0.4, -0.2) is 39.6 Å². The number of carboxylic acid groups (broad SMARTS) is 1. The molecule has 1 aromatic heterocycles. The highest BCUT2D eigenvalue weighted by molar-refractivity contribution is 5.72.